The number of benzene rings is 1. The first kappa shape index (κ1) is 15.3. The van der Waals surface area contributed by atoms with Crippen LogP contribution >= 0.6 is 11.6 Å². The molecule has 1 N–H and O–H groups in total. The number of nitrogens with one attached hydrogen (secondary N) is 1. The van der Waals surface area contributed by atoms with Crippen molar-refractivity contribution in [3.63, 3.8) is 0 Å². The fourth-order valence-corrected chi connectivity index (χ4v) is 2.06. The molecule has 0 amide bonds. The number of hydrogen-bond donors (Lipinski definition) is 1. The van der Waals surface area contributed by atoms with Crippen LogP contribution in [0.2, 0.25) is 5.02 Å². The SMILES string of the molecule is CCNC(C)c1ccc(OCCOCC)cc1Cl. The van der Waals surface area contributed by atoms with Gasteiger partial charge in [-0.05, 0) is 38.1 Å². The highest BCUT2D eigenvalue weighted by atomic mass is 35.5. The van der Waals surface area contributed by atoms with Crippen LogP contribution in [-0.2, 0) is 4.74 Å². The van der Waals surface area contributed by atoms with E-state index in [-0.39, 0.29) is 6.04 Å². The number of halogens is 1. The third-order valence-corrected chi connectivity index (χ3v) is 2.98. The van der Waals surface area contributed by atoms with Crippen molar-refractivity contribution in [3.05, 3.63) is 28.8 Å². The summed E-state index contributed by atoms with van der Waals surface area (Å²) in [4.78, 5) is 0. The van der Waals surface area contributed by atoms with Gasteiger partial charge in [0.25, 0.3) is 0 Å². The van der Waals surface area contributed by atoms with Crippen LogP contribution in [0.3, 0.4) is 0 Å². The molecule has 0 radical (unpaired) electrons. The van der Waals surface area contributed by atoms with Crippen LogP contribution in [-0.4, -0.2) is 26.4 Å². The van der Waals surface area contributed by atoms with Crippen molar-refractivity contribution in [2.24, 2.45) is 0 Å². The van der Waals surface area contributed by atoms with Gasteiger partial charge in [0.05, 0.1) is 6.61 Å². The Hall–Kier alpha value is -0.770. The molecule has 0 aliphatic heterocycles. The number of ether oxygens (including phenoxy) is 2. The Balaban J connectivity index is 2.56. The zero-order valence-corrected chi connectivity index (χ0v) is 12.1. The summed E-state index contributed by atoms with van der Waals surface area (Å²) in [5.41, 5.74) is 1.09. The van der Waals surface area contributed by atoms with Crippen LogP contribution in [0.25, 0.3) is 0 Å². The normalized spacial score (nSPS) is 12.4. The Kier molecular flexibility index (Phi) is 7.09. The maximum Gasteiger partial charge on any atom is 0.120 e. The molecule has 1 aromatic carbocycles. The topological polar surface area (TPSA) is 30.5 Å². The predicted octanol–water partition coefficient (Wildman–Crippen LogP) is 3.43. The van der Waals surface area contributed by atoms with Crippen molar-refractivity contribution in [3.8, 4) is 5.75 Å². The van der Waals surface area contributed by atoms with Crippen molar-refractivity contribution in [2.75, 3.05) is 26.4 Å². The summed E-state index contributed by atoms with van der Waals surface area (Å²) < 4.78 is 10.8. The van der Waals surface area contributed by atoms with Gasteiger partial charge in [0.2, 0.25) is 0 Å². The summed E-state index contributed by atoms with van der Waals surface area (Å²) in [5.74, 6) is 0.784. The summed E-state index contributed by atoms with van der Waals surface area (Å²) in [6, 6.07) is 6.06. The molecule has 0 aliphatic carbocycles. The molecule has 1 unspecified atom stereocenters. The molecule has 0 aromatic heterocycles. The van der Waals surface area contributed by atoms with Gasteiger partial charge in [-0.15, -0.1) is 0 Å². The first-order chi connectivity index (χ1) is 8.69. The van der Waals surface area contributed by atoms with Crippen molar-refractivity contribution in [1.29, 1.82) is 0 Å². The van der Waals surface area contributed by atoms with E-state index >= 15 is 0 Å². The van der Waals surface area contributed by atoms with E-state index in [1.807, 2.05) is 25.1 Å². The lowest BCUT2D eigenvalue weighted by Crippen LogP contribution is -2.18. The lowest BCUT2D eigenvalue weighted by molar-refractivity contribution is 0.110. The van der Waals surface area contributed by atoms with Crippen molar-refractivity contribution >= 4 is 11.6 Å². The van der Waals surface area contributed by atoms with Crippen molar-refractivity contribution in [1.82, 2.24) is 5.32 Å². The predicted molar refractivity (Wildman–Crippen MR) is 75.5 cm³/mol. The molecule has 0 aliphatic rings. The molecule has 0 saturated carbocycles. The third-order valence-electron chi connectivity index (χ3n) is 2.65. The van der Waals surface area contributed by atoms with Crippen molar-refractivity contribution < 1.29 is 9.47 Å². The molecular weight excluding hydrogens is 250 g/mol. The minimum atomic E-state index is 0.250. The van der Waals surface area contributed by atoms with Crippen LogP contribution in [0.15, 0.2) is 18.2 Å². The van der Waals surface area contributed by atoms with Gasteiger partial charge in [0.15, 0.2) is 0 Å². The summed E-state index contributed by atoms with van der Waals surface area (Å²) in [6.07, 6.45) is 0. The van der Waals surface area contributed by atoms with Gasteiger partial charge in [0, 0.05) is 17.7 Å². The monoisotopic (exact) mass is 271 g/mol. The number of rotatable bonds is 8. The van der Waals surface area contributed by atoms with Gasteiger partial charge in [-0.1, -0.05) is 24.6 Å². The van der Waals surface area contributed by atoms with E-state index in [0.29, 0.717) is 19.8 Å². The second-order valence-corrected chi connectivity index (χ2v) is 4.42. The number of hydrogen-bond acceptors (Lipinski definition) is 3. The zero-order valence-electron chi connectivity index (χ0n) is 11.3. The maximum absolute atomic E-state index is 6.25. The van der Waals surface area contributed by atoms with E-state index in [1.54, 1.807) is 0 Å². The molecule has 0 spiro atoms. The first-order valence-corrected chi connectivity index (χ1v) is 6.80. The van der Waals surface area contributed by atoms with E-state index in [9.17, 15) is 0 Å². The smallest absolute Gasteiger partial charge is 0.120 e. The summed E-state index contributed by atoms with van der Waals surface area (Å²) in [7, 11) is 0. The molecular formula is C14H22ClNO2. The molecule has 1 aromatic rings. The van der Waals surface area contributed by atoms with Gasteiger partial charge in [-0.2, -0.15) is 0 Å². The minimum absolute atomic E-state index is 0.250. The van der Waals surface area contributed by atoms with Gasteiger partial charge in [-0.25, -0.2) is 0 Å². The summed E-state index contributed by atoms with van der Waals surface area (Å²) in [5, 5.41) is 4.07. The lowest BCUT2D eigenvalue weighted by Gasteiger charge is -2.15. The summed E-state index contributed by atoms with van der Waals surface area (Å²) >= 11 is 6.25. The molecule has 4 heteroatoms. The lowest BCUT2D eigenvalue weighted by atomic mass is 10.1. The Morgan fingerprint density at radius 1 is 1.28 bits per heavy atom. The van der Waals surface area contributed by atoms with Gasteiger partial charge in [-0.3, -0.25) is 0 Å². The van der Waals surface area contributed by atoms with Crippen molar-refractivity contribution in [2.45, 2.75) is 26.8 Å². The molecule has 1 rings (SSSR count). The van der Waals surface area contributed by atoms with Crippen LogP contribution < -0.4 is 10.1 Å². The highest BCUT2D eigenvalue weighted by molar-refractivity contribution is 6.31. The Morgan fingerprint density at radius 3 is 2.67 bits per heavy atom. The molecule has 102 valence electrons. The quantitative estimate of drug-likeness (QED) is 0.735. The first-order valence-electron chi connectivity index (χ1n) is 6.42. The highest BCUT2D eigenvalue weighted by Gasteiger charge is 2.09. The Morgan fingerprint density at radius 2 is 2.06 bits per heavy atom. The van der Waals surface area contributed by atoms with E-state index in [2.05, 4.69) is 19.2 Å². The fourth-order valence-electron chi connectivity index (χ4n) is 1.73. The minimum Gasteiger partial charge on any atom is -0.491 e. The highest BCUT2D eigenvalue weighted by Crippen LogP contribution is 2.27. The van der Waals surface area contributed by atoms with Crippen LogP contribution in [0.5, 0.6) is 5.75 Å². The maximum atomic E-state index is 6.25. The standard InChI is InChI=1S/C14H22ClNO2/c1-4-16-11(3)13-7-6-12(10-14(13)15)18-9-8-17-5-2/h6-7,10-11,16H,4-5,8-9H2,1-3H3. The van der Waals surface area contributed by atoms with Crippen LogP contribution in [0.1, 0.15) is 32.4 Å². The molecule has 0 fully saturated rings. The Bertz CT molecular complexity index is 358. The van der Waals surface area contributed by atoms with Gasteiger partial charge < -0.3 is 14.8 Å². The van der Waals surface area contributed by atoms with E-state index < -0.39 is 0 Å². The van der Waals surface area contributed by atoms with Crippen LogP contribution in [0, 0.1) is 0 Å². The third kappa shape index (κ3) is 4.84. The van der Waals surface area contributed by atoms with E-state index in [1.165, 1.54) is 0 Å². The second kappa shape index (κ2) is 8.35. The fraction of sp³-hybridized carbons (Fsp3) is 0.571. The van der Waals surface area contributed by atoms with Crippen LogP contribution in [0.4, 0.5) is 0 Å². The average molecular weight is 272 g/mol. The largest absolute Gasteiger partial charge is 0.491 e. The molecule has 18 heavy (non-hydrogen) atoms. The summed E-state index contributed by atoms with van der Waals surface area (Å²) in [6.45, 7) is 8.92. The zero-order chi connectivity index (χ0) is 13.4. The molecule has 0 saturated heterocycles. The average Bonchev–Trinajstić information content (AvgIpc) is 2.35. The van der Waals surface area contributed by atoms with E-state index in [0.717, 1.165) is 22.9 Å². The second-order valence-electron chi connectivity index (χ2n) is 4.01. The molecule has 1 atom stereocenters. The molecule has 3 nitrogen and oxygen atoms in total. The Labute approximate surface area is 114 Å². The molecule has 0 heterocycles. The van der Waals surface area contributed by atoms with E-state index in [4.69, 9.17) is 21.1 Å². The van der Waals surface area contributed by atoms with Gasteiger partial charge >= 0.3 is 0 Å². The van der Waals surface area contributed by atoms with Gasteiger partial charge in [0.1, 0.15) is 12.4 Å². The molecule has 0 bridgehead atoms.